The van der Waals surface area contributed by atoms with Crippen LogP contribution in [-0.4, -0.2) is 42.2 Å². The maximum absolute atomic E-state index is 11.3. The molecule has 2 atom stereocenters. The first-order valence-electron chi connectivity index (χ1n) is 5.58. The number of carbonyl (C=O) groups excluding carboxylic acids is 1. The minimum atomic E-state index is -1.06. The SMILES string of the molecule is N[C@@H](CCC(=O)NC[C@H]1CCCN1)C(=O)O. The van der Waals surface area contributed by atoms with E-state index in [9.17, 15) is 9.59 Å². The van der Waals surface area contributed by atoms with Crippen molar-refractivity contribution in [2.45, 2.75) is 37.8 Å². The lowest BCUT2D eigenvalue weighted by atomic mass is 10.1. The van der Waals surface area contributed by atoms with Gasteiger partial charge < -0.3 is 21.5 Å². The fraction of sp³-hybridized carbons (Fsp3) is 0.800. The molecule has 1 saturated heterocycles. The van der Waals surface area contributed by atoms with Gasteiger partial charge in [0.1, 0.15) is 6.04 Å². The molecule has 5 N–H and O–H groups in total. The molecule has 0 aromatic rings. The molecular formula is C10H19N3O3. The van der Waals surface area contributed by atoms with E-state index in [0.29, 0.717) is 12.6 Å². The Morgan fingerprint density at radius 3 is 2.88 bits per heavy atom. The van der Waals surface area contributed by atoms with Gasteiger partial charge in [-0.05, 0) is 25.8 Å². The highest BCUT2D eigenvalue weighted by atomic mass is 16.4. The number of hydrogen-bond donors (Lipinski definition) is 4. The number of aliphatic carboxylic acids is 1. The van der Waals surface area contributed by atoms with Gasteiger partial charge in [0.25, 0.3) is 0 Å². The van der Waals surface area contributed by atoms with E-state index in [4.69, 9.17) is 10.8 Å². The quantitative estimate of drug-likeness (QED) is 0.470. The lowest BCUT2D eigenvalue weighted by Gasteiger charge is -2.12. The lowest BCUT2D eigenvalue weighted by molar-refractivity contribution is -0.138. The molecule has 0 aliphatic carbocycles. The highest BCUT2D eigenvalue weighted by Crippen LogP contribution is 2.03. The van der Waals surface area contributed by atoms with Gasteiger partial charge in [0.15, 0.2) is 0 Å². The van der Waals surface area contributed by atoms with Crippen LogP contribution in [0, 0.1) is 0 Å². The van der Waals surface area contributed by atoms with Crippen molar-refractivity contribution in [3.8, 4) is 0 Å². The molecule has 92 valence electrons. The van der Waals surface area contributed by atoms with Gasteiger partial charge in [0.2, 0.25) is 5.91 Å². The Bertz CT molecular complexity index is 252. The molecule has 1 aliphatic heterocycles. The Balaban J connectivity index is 2.08. The van der Waals surface area contributed by atoms with E-state index >= 15 is 0 Å². The van der Waals surface area contributed by atoms with Gasteiger partial charge in [0, 0.05) is 19.0 Å². The van der Waals surface area contributed by atoms with Crippen LogP contribution in [0.25, 0.3) is 0 Å². The van der Waals surface area contributed by atoms with Crippen LogP contribution >= 0.6 is 0 Å². The van der Waals surface area contributed by atoms with Gasteiger partial charge in [0.05, 0.1) is 0 Å². The van der Waals surface area contributed by atoms with E-state index in [1.165, 1.54) is 0 Å². The monoisotopic (exact) mass is 229 g/mol. The molecule has 0 bridgehead atoms. The first kappa shape index (κ1) is 12.9. The highest BCUT2D eigenvalue weighted by molar-refractivity contribution is 5.78. The van der Waals surface area contributed by atoms with Crippen LogP contribution in [0.1, 0.15) is 25.7 Å². The van der Waals surface area contributed by atoms with Crippen LogP contribution in [0.3, 0.4) is 0 Å². The Labute approximate surface area is 94.6 Å². The summed E-state index contributed by atoms with van der Waals surface area (Å²) in [6.07, 6.45) is 2.57. The average molecular weight is 229 g/mol. The maximum atomic E-state index is 11.3. The molecule has 1 heterocycles. The summed E-state index contributed by atoms with van der Waals surface area (Å²) in [5, 5.41) is 14.6. The van der Waals surface area contributed by atoms with E-state index in [1.807, 2.05) is 0 Å². The van der Waals surface area contributed by atoms with Gasteiger partial charge >= 0.3 is 5.97 Å². The molecular weight excluding hydrogens is 210 g/mol. The zero-order valence-electron chi connectivity index (χ0n) is 9.24. The van der Waals surface area contributed by atoms with Crippen LogP contribution in [-0.2, 0) is 9.59 Å². The summed E-state index contributed by atoms with van der Waals surface area (Å²) in [4.78, 5) is 21.8. The number of hydrogen-bond acceptors (Lipinski definition) is 4. The van der Waals surface area contributed by atoms with Crippen molar-refractivity contribution in [2.75, 3.05) is 13.1 Å². The summed E-state index contributed by atoms with van der Waals surface area (Å²) in [5.74, 6) is -1.20. The number of nitrogens with one attached hydrogen (secondary N) is 2. The van der Waals surface area contributed by atoms with Crippen molar-refractivity contribution in [1.29, 1.82) is 0 Å². The van der Waals surface area contributed by atoms with Crippen molar-refractivity contribution in [1.82, 2.24) is 10.6 Å². The molecule has 1 fully saturated rings. The molecule has 0 radical (unpaired) electrons. The van der Waals surface area contributed by atoms with E-state index in [1.54, 1.807) is 0 Å². The third-order valence-corrected chi connectivity index (χ3v) is 2.71. The molecule has 1 amide bonds. The number of nitrogens with two attached hydrogens (primary N) is 1. The van der Waals surface area contributed by atoms with Gasteiger partial charge in [-0.25, -0.2) is 0 Å². The summed E-state index contributed by atoms with van der Waals surface area (Å²) in [5.41, 5.74) is 5.29. The second-order valence-electron chi connectivity index (χ2n) is 4.08. The van der Waals surface area contributed by atoms with Crippen LogP contribution < -0.4 is 16.4 Å². The fourth-order valence-corrected chi connectivity index (χ4v) is 1.67. The molecule has 6 nitrogen and oxygen atoms in total. The van der Waals surface area contributed by atoms with Crippen LogP contribution in [0.5, 0.6) is 0 Å². The summed E-state index contributed by atoms with van der Waals surface area (Å²) in [6, 6.07) is -0.590. The van der Waals surface area contributed by atoms with E-state index in [-0.39, 0.29) is 18.7 Å². The third-order valence-electron chi connectivity index (χ3n) is 2.71. The van der Waals surface area contributed by atoms with Gasteiger partial charge in [-0.3, -0.25) is 9.59 Å². The standard InChI is InChI=1S/C10H19N3O3/c11-8(10(15)16)3-4-9(14)13-6-7-2-1-5-12-7/h7-8,12H,1-6,11H2,(H,13,14)(H,15,16)/t7-,8+/m1/s1. The van der Waals surface area contributed by atoms with Crippen molar-refractivity contribution >= 4 is 11.9 Å². The van der Waals surface area contributed by atoms with Crippen molar-refractivity contribution in [3.63, 3.8) is 0 Å². The second-order valence-corrected chi connectivity index (χ2v) is 4.08. The lowest BCUT2D eigenvalue weighted by Crippen LogP contribution is -2.38. The molecule has 6 heteroatoms. The smallest absolute Gasteiger partial charge is 0.320 e. The zero-order chi connectivity index (χ0) is 12.0. The van der Waals surface area contributed by atoms with Crippen LogP contribution in [0.15, 0.2) is 0 Å². The van der Waals surface area contributed by atoms with Crippen LogP contribution in [0.4, 0.5) is 0 Å². The summed E-state index contributed by atoms with van der Waals surface area (Å²) >= 11 is 0. The van der Waals surface area contributed by atoms with E-state index in [0.717, 1.165) is 19.4 Å². The molecule has 0 aromatic heterocycles. The minimum Gasteiger partial charge on any atom is -0.480 e. The predicted octanol–water partition coefficient (Wildman–Crippen LogP) is -0.953. The topological polar surface area (TPSA) is 104 Å². The number of amides is 1. The first-order valence-corrected chi connectivity index (χ1v) is 5.58. The first-order chi connectivity index (χ1) is 7.59. The van der Waals surface area contributed by atoms with Gasteiger partial charge in [-0.2, -0.15) is 0 Å². The van der Waals surface area contributed by atoms with Gasteiger partial charge in [-0.15, -0.1) is 0 Å². The molecule has 1 aliphatic rings. The Hall–Kier alpha value is -1.14. The second kappa shape index (κ2) is 6.44. The number of carboxylic acids is 1. The number of carboxylic acid groups (broad SMARTS) is 1. The van der Waals surface area contributed by atoms with Crippen molar-refractivity contribution in [3.05, 3.63) is 0 Å². The number of carbonyl (C=O) groups is 2. The largest absolute Gasteiger partial charge is 0.480 e. The maximum Gasteiger partial charge on any atom is 0.320 e. The summed E-state index contributed by atoms with van der Waals surface area (Å²) in [6.45, 7) is 1.62. The number of rotatable bonds is 6. The third kappa shape index (κ3) is 4.59. The Morgan fingerprint density at radius 2 is 2.31 bits per heavy atom. The summed E-state index contributed by atoms with van der Waals surface area (Å²) < 4.78 is 0. The van der Waals surface area contributed by atoms with Gasteiger partial charge in [-0.1, -0.05) is 0 Å². The van der Waals surface area contributed by atoms with Crippen molar-refractivity contribution < 1.29 is 14.7 Å². The summed E-state index contributed by atoms with van der Waals surface area (Å²) in [7, 11) is 0. The Kier molecular flexibility index (Phi) is 5.21. The molecule has 0 saturated carbocycles. The van der Waals surface area contributed by atoms with E-state index < -0.39 is 12.0 Å². The predicted molar refractivity (Wildman–Crippen MR) is 58.9 cm³/mol. The molecule has 0 aromatic carbocycles. The average Bonchev–Trinajstić information content (AvgIpc) is 2.75. The van der Waals surface area contributed by atoms with E-state index in [2.05, 4.69) is 10.6 Å². The molecule has 1 rings (SSSR count). The molecule has 16 heavy (non-hydrogen) atoms. The Morgan fingerprint density at radius 1 is 1.56 bits per heavy atom. The minimum absolute atomic E-state index is 0.134. The van der Waals surface area contributed by atoms with Crippen LogP contribution in [0.2, 0.25) is 0 Å². The molecule has 0 unspecified atom stereocenters. The highest BCUT2D eigenvalue weighted by Gasteiger charge is 2.16. The fourth-order valence-electron chi connectivity index (χ4n) is 1.67. The van der Waals surface area contributed by atoms with Crippen molar-refractivity contribution in [2.24, 2.45) is 5.73 Å². The zero-order valence-corrected chi connectivity index (χ0v) is 9.24. The normalized spacial score (nSPS) is 21.7. The molecule has 0 spiro atoms.